The lowest BCUT2D eigenvalue weighted by Crippen LogP contribution is -2.49. The third-order valence-electron chi connectivity index (χ3n) is 7.47. The first-order chi connectivity index (χ1) is 16.1. The first-order valence-corrected chi connectivity index (χ1v) is 12.8. The average Bonchev–Trinajstić information content (AvgIpc) is 3.30. The van der Waals surface area contributed by atoms with Gasteiger partial charge in [0, 0.05) is 70.1 Å². The SMILES string of the molecule is CC.Cc1cc2nccn2cc1N1CCN(CC2CCN(c3cccc(C)c3C)CC2)CC1. The predicted molar refractivity (Wildman–Crippen MR) is 141 cm³/mol. The van der Waals surface area contributed by atoms with Gasteiger partial charge in [-0.15, -0.1) is 0 Å². The molecule has 0 amide bonds. The number of hydrogen-bond donors (Lipinski definition) is 0. The Labute approximate surface area is 200 Å². The highest BCUT2D eigenvalue weighted by Gasteiger charge is 2.25. The van der Waals surface area contributed by atoms with Crippen LogP contribution in [0.4, 0.5) is 11.4 Å². The normalized spacial score (nSPS) is 17.8. The number of benzene rings is 1. The first-order valence-electron chi connectivity index (χ1n) is 12.8. The zero-order chi connectivity index (χ0) is 23.4. The van der Waals surface area contributed by atoms with E-state index in [1.165, 1.54) is 73.6 Å². The molecule has 5 heteroatoms. The third kappa shape index (κ3) is 5.19. The fraction of sp³-hybridized carbons (Fsp3) is 0.536. The van der Waals surface area contributed by atoms with Gasteiger partial charge in [-0.3, -0.25) is 4.90 Å². The lowest BCUT2D eigenvalue weighted by atomic mass is 9.94. The number of piperidine rings is 1. The lowest BCUT2D eigenvalue weighted by Gasteiger charge is -2.40. The number of pyridine rings is 1. The van der Waals surface area contributed by atoms with Crippen molar-refractivity contribution < 1.29 is 0 Å². The van der Waals surface area contributed by atoms with Crippen molar-refractivity contribution in [3.63, 3.8) is 0 Å². The van der Waals surface area contributed by atoms with Gasteiger partial charge >= 0.3 is 0 Å². The van der Waals surface area contributed by atoms with Gasteiger partial charge < -0.3 is 14.2 Å². The van der Waals surface area contributed by atoms with E-state index in [0.717, 1.165) is 24.7 Å². The van der Waals surface area contributed by atoms with Crippen molar-refractivity contribution in [2.24, 2.45) is 5.92 Å². The molecule has 2 saturated heterocycles. The molecule has 33 heavy (non-hydrogen) atoms. The van der Waals surface area contributed by atoms with Crippen LogP contribution in [0.2, 0.25) is 0 Å². The second-order valence-corrected chi connectivity index (χ2v) is 9.47. The zero-order valence-electron chi connectivity index (χ0n) is 21.2. The minimum atomic E-state index is 0.831. The quantitative estimate of drug-likeness (QED) is 0.541. The second-order valence-electron chi connectivity index (χ2n) is 9.47. The number of fused-ring (bicyclic) bond motifs is 1. The van der Waals surface area contributed by atoms with Gasteiger partial charge in [0.05, 0.1) is 5.69 Å². The highest BCUT2D eigenvalue weighted by atomic mass is 15.3. The van der Waals surface area contributed by atoms with Crippen molar-refractivity contribution in [2.75, 3.05) is 55.6 Å². The van der Waals surface area contributed by atoms with Gasteiger partial charge in [0.1, 0.15) is 5.65 Å². The summed E-state index contributed by atoms with van der Waals surface area (Å²) in [6.07, 6.45) is 8.78. The molecule has 2 aliphatic heterocycles. The van der Waals surface area contributed by atoms with E-state index in [-0.39, 0.29) is 0 Å². The minimum absolute atomic E-state index is 0.831. The number of nitrogens with zero attached hydrogens (tertiary/aromatic N) is 5. The van der Waals surface area contributed by atoms with Crippen molar-refractivity contribution in [1.29, 1.82) is 0 Å². The van der Waals surface area contributed by atoms with E-state index < -0.39 is 0 Å². The molecule has 0 bridgehead atoms. The molecule has 0 radical (unpaired) electrons. The maximum absolute atomic E-state index is 4.41. The number of imidazole rings is 1. The van der Waals surface area contributed by atoms with Crippen LogP contribution in [0.1, 0.15) is 43.4 Å². The molecule has 0 atom stereocenters. The van der Waals surface area contributed by atoms with Gasteiger partial charge in [-0.25, -0.2) is 4.98 Å². The molecule has 0 unspecified atom stereocenters. The van der Waals surface area contributed by atoms with Gasteiger partial charge in [-0.05, 0) is 68.4 Å². The minimum Gasteiger partial charge on any atom is -0.371 e. The van der Waals surface area contributed by atoms with Crippen LogP contribution in [0.25, 0.3) is 5.65 Å². The Bertz CT molecular complexity index is 1040. The van der Waals surface area contributed by atoms with Crippen LogP contribution in [0.5, 0.6) is 0 Å². The fourth-order valence-corrected chi connectivity index (χ4v) is 5.35. The summed E-state index contributed by atoms with van der Waals surface area (Å²) < 4.78 is 2.14. The Balaban J connectivity index is 0.00000126. The molecule has 4 heterocycles. The number of piperazine rings is 1. The van der Waals surface area contributed by atoms with Crippen molar-refractivity contribution in [3.8, 4) is 0 Å². The van der Waals surface area contributed by atoms with Gasteiger partial charge in [-0.2, -0.15) is 0 Å². The zero-order valence-corrected chi connectivity index (χ0v) is 21.2. The monoisotopic (exact) mass is 447 g/mol. The van der Waals surface area contributed by atoms with Crippen molar-refractivity contribution in [2.45, 2.75) is 47.5 Å². The molecule has 5 rings (SSSR count). The maximum Gasteiger partial charge on any atom is 0.137 e. The Morgan fingerprint density at radius 3 is 2.27 bits per heavy atom. The molecule has 178 valence electrons. The predicted octanol–water partition coefficient (Wildman–Crippen LogP) is 5.32. The van der Waals surface area contributed by atoms with E-state index in [4.69, 9.17) is 0 Å². The summed E-state index contributed by atoms with van der Waals surface area (Å²) in [6, 6.07) is 8.92. The molecule has 2 fully saturated rings. The summed E-state index contributed by atoms with van der Waals surface area (Å²) in [5.74, 6) is 0.831. The molecule has 5 nitrogen and oxygen atoms in total. The topological polar surface area (TPSA) is 27.0 Å². The molecule has 2 aliphatic rings. The van der Waals surface area contributed by atoms with E-state index in [1.807, 2.05) is 26.2 Å². The van der Waals surface area contributed by atoms with E-state index in [2.05, 4.69) is 75.3 Å². The standard InChI is InChI=1S/C26H35N5.C2H6/c1-20-5-4-6-24(22(20)3)29-10-7-23(8-11-29)18-28-13-15-30(16-14-28)25-19-31-12-9-27-26(31)17-21(25)2;1-2/h4-6,9,12,17,19,23H,7-8,10-11,13-16,18H2,1-3H3;1-2H3. The van der Waals surface area contributed by atoms with Crippen LogP contribution in [0.3, 0.4) is 0 Å². The number of hydrogen-bond acceptors (Lipinski definition) is 4. The van der Waals surface area contributed by atoms with Gasteiger partial charge in [0.2, 0.25) is 0 Å². The molecule has 1 aromatic carbocycles. The van der Waals surface area contributed by atoms with Crippen molar-refractivity contribution in [3.05, 3.63) is 59.5 Å². The summed E-state index contributed by atoms with van der Waals surface area (Å²) in [5, 5.41) is 0. The van der Waals surface area contributed by atoms with Crippen LogP contribution in [0.15, 0.2) is 42.9 Å². The largest absolute Gasteiger partial charge is 0.371 e. The number of aromatic nitrogens is 2. The number of aryl methyl sites for hydroxylation is 2. The lowest BCUT2D eigenvalue weighted by molar-refractivity contribution is 0.201. The second kappa shape index (κ2) is 10.6. The molecule has 2 aromatic heterocycles. The molecule has 0 aliphatic carbocycles. The summed E-state index contributed by atoms with van der Waals surface area (Å²) in [7, 11) is 0. The Hall–Kier alpha value is -2.53. The van der Waals surface area contributed by atoms with Gasteiger partial charge in [0.25, 0.3) is 0 Å². The van der Waals surface area contributed by atoms with E-state index in [0.29, 0.717) is 0 Å². The van der Waals surface area contributed by atoms with E-state index in [9.17, 15) is 0 Å². The summed E-state index contributed by atoms with van der Waals surface area (Å²) in [5.41, 5.74) is 8.00. The summed E-state index contributed by atoms with van der Waals surface area (Å²) >= 11 is 0. The first kappa shape index (κ1) is 23.6. The van der Waals surface area contributed by atoms with Crippen LogP contribution in [-0.2, 0) is 0 Å². The molecular weight excluding hydrogens is 406 g/mol. The average molecular weight is 448 g/mol. The maximum atomic E-state index is 4.41. The Morgan fingerprint density at radius 2 is 1.55 bits per heavy atom. The van der Waals surface area contributed by atoms with Crippen LogP contribution >= 0.6 is 0 Å². The fourth-order valence-electron chi connectivity index (χ4n) is 5.35. The van der Waals surface area contributed by atoms with Gasteiger partial charge in [0.15, 0.2) is 0 Å². The molecule has 0 N–H and O–H groups in total. The molecule has 0 spiro atoms. The van der Waals surface area contributed by atoms with Crippen LogP contribution < -0.4 is 9.80 Å². The Morgan fingerprint density at radius 1 is 0.848 bits per heavy atom. The van der Waals surface area contributed by atoms with E-state index >= 15 is 0 Å². The van der Waals surface area contributed by atoms with Crippen molar-refractivity contribution in [1.82, 2.24) is 14.3 Å². The van der Waals surface area contributed by atoms with E-state index in [1.54, 1.807) is 0 Å². The Kier molecular flexibility index (Phi) is 7.59. The molecule has 0 saturated carbocycles. The third-order valence-corrected chi connectivity index (χ3v) is 7.47. The van der Waals surface area contributed by atoms with Crippen LogP contribution in [-0.4, -0.2) is 60.1 Å². The highest BCUT2D eigenvalue weighted by Crippen LogP contribution is 2.29. The molecule has 3 aromatic rings. The molecular formula is C28H41N5. The summed E-state index contributed by atoms with van der Waals surface area (Å²) in [4.78, 5) is 12.3. The van der Waals surface area contributed by atoms with Gasteiger partial charge in [-0.1, -0.05) is 26.0 Å². The smallest absolute Gasteiger partial charge is 0.137 e. The number of anilines is 2. The number of rotatable bonds is 4. The highest BCUT2D eigenvalue weighted by molar-refractivity contribution is 5.58. The van der Waals surface area contributed by atoms with Crippen molar-refractivity contribution >= 4 is 17.0 Å². The summed E-state index contributed by atoms with van der Waals surface area (Å²) in [6.45, 7) is 18.9. The van der Waals surface area contributed by atoms with Crippen LogP contribution in [0, 0.1) is 26.7 Å².